The molecule has 0 aliphatic carbocycles. The molecule has 0 radical (unpaired) electrons. The Morgan fingerprint density at radius 1 is 1.15 bits per heavy atom. The normalized spacial score (nSPS) is 12.7. The molecule has 66 valence electrons. The van der Waals surface area contributed by atoms with Crippen LogP contribution in [0.4, 0.5) is 0 Å². The van der Waals surface area contributed by atoms with Crippen molar-refractivity contribution >= 4 is 0 Å². The third-order valence-electron chi connectivity index (χ3n) is 2.20. The molecular weight excluding hydrogens is 160 g/mol. The first-order valence-electron chi connectivity index (χ1n) is 4.42. The minimum Gasteiger partial charge on any atom is -0.266 e. The Bertz CT molecular complexity index is 351. The van der Waals surface area contributed by atoms with Gasteiger partial charge in [0.2, 0.25) is 0 Å². The molecule has 0 amide bonds. The molecule has 0 N–H and O–H groups in total. The molecule has 0 fully saturated rings. The van der Waals surface area contributed by atoms with Gasteiger partial charge in [0.1, 0.15) is 0 Å². The van der Waals surface area contributed by atoms with Gasteiger partial charge < -0.3 is 0 Å². The number of rotatable bonds is 2. The summed E-state index contributed by atoms with van der Waals surface area (Å²) in [6.07, 6.45) is 3.79. The molecular formula is C11H12N2. The van der Waals surface area contributed by atoms with Gasteiger partial charge in [-0.1, -0.05) is 30.3 Å². The van der Waals surface area contributed by atoms with Crippen LogP contribution in [0.25, 0.3) is 0 Å². The van der Waals surface area contributed by atoms with Gasteiger partial charge in [0.25, 0.3) is 0 Å². The number of hydrogen-bond donors (Lipinski definition) is 0. The van der Waals surface area contributed by atoms with Gasteiger partial charge in [-0.05, 0) is 18.6 Å². The minimum absolute atomic E-state index is 0.316. The molecule has 2 heteroatoms. The van der Waals surface area contributed by atoms with Crippen LogP contribution in [-0.4, -0.2) is 9.78 Å². The van der Waals surface area contributed by atoms with E-state index in [9.17, 15) is 0 Å². The van der Waals surface area contributed by atoms with Crippen LogP contribution in [0.2, 0.25) is 0 Å². The van der Waals surface area contributed by atoms with Crippen LogP contribution in [0.15, 0.2) is 48.8 Å². The van der Waals surface area contributed by atoms with Crippen LogP contribution in [0, 0.1) is 0 Å². The Morgan fingerprint density at radius 3 is 2.54 bits per heavy atom. The lowest BCUT2D eigenvalue weighted by Crippen LogP contribution is -2.06. The molecule has 1 aromatic heterocycles. The topological polar surface area (TPSA) is 17.8 Å². The van der Waals surface area contributed by atoms with Crippen molar-refractivity contribution in [2.24, 2.45) is 0 Å². The van der Waals surface area contributed by atoms with Crippen molar-refractivity contribution in [3.63, 3.8) is 0 Å². The number of aromatic nitrogens is 2. The average Bonchev–Trinajstić information content (AvgIpc) is 2.71. The van der Waals surface area contributed by atoms with Crippen LogP contribution in [-0.2, 0) is 0 Å². The summed E-state index contributed by atoms with van der Waals surface area (Å²) in [7, 11) is 0. The van der Waals surface area contributed by atoms with Crippen molar-refractivity contribution in [1.29, 1.82) is 0 Å². The van der Waals surface area contributed by atoms with E-state index in [-0.39, 0.29) is 0 Å². The summed E-state index contributed by atoms with van der Waals surface area (Å²) in [6.45, 7) is 2.14. The molecule has 13 heavy (non-hydrogen) atoms. The van der Waals surface area contributed by atoms with E-state index < -0.39 is 0 Å². The first-order valence-corrected chi connectivity index (χ1v) is 4.42. The predicted octanol–water partition coefficient (Wildman–Crippen LogP) is 2.49. The Kier molecular flexibility index (Phi) is 2.13. The van der Waals surface area contributed by atoms with Crippen LogP contribution in [0.5, 0.6) is 0 Å². The van der Waals surface area contributed by atoms with Gasteiger partial charge in [-0.2, -0.15) is 5.10 Å². The Balaban J connectivity index is 2.29. The Hall–Kier alpha value is -1.57. The lowest BCUT2D eigenvalue weighted by atomic mass is 10.1. The summed E-state index contributed by atoms with van der Waals surface area (Å²) in [5.41, 5.74) is 1.28. The molecule has 0 aliphatic heterocycles. The summed E-state index contributed by atoms with van der Waals surface area (Å²) in [6, 6.07) is 12.6. The van der Waals surface area contributed by atoms with Gasteiger partial charge >= 0.3 is 0 Å². The van der Waals surface area contributed by atoms with Gasteiger partial charge in [0.15, 0.2) is 0 Å². The molecule has 1 atom stereocenters. The quantitative estimate of drug-likeness (QED) is 0.680. The Labute approximate surface area is 77.8 Å². The molecule has 0 unspecified atom stereocenters. The molecule has 2 aromatic rings. The summed E-state index contributed by atoms with van der Waals surface area (Å²) in [5, 5.41) is 4.21. The summed E-state index contributed by atoms with van der Waals surface area (Å²) < 4.78 is 1.95. The summed E-state index contributed by atoms with van der Waals surface area (Å²) in [4.78, 5) is 0. The molecule has 0 bridgehead atoms. The van der Waals surface area contributed by atoms with E-state index in [0.717, 1.165) is 0 Å². The fourth-order valence-corrected chi connectivity index (χ4v) is 1.39. The lowest BCUT2D eigenvalue weighted by molar-refractivity contribution is 0.564. The molecule has 0 aliphatic rings. The molecule has 0 spiro atoms. The fraction of sp³-hybridized carbons (Fsp3) is 0.182. The van der Waals surface area contributed by atoms with Gasteiger partial charge in [-0.15, -0.1) is 0 Å². The highest BCUT2D eigenvalue weighted by Crippen LogP contribution is 2.15. The van der Waals surface area contributed by atoms with Crippen molar-refractivity contribution in [1.82, 2.24) is 9.78 Å². The van der Waals surface area contributed by atoms with Gasteiger partial charge in [-0.25, -0.2) is 0 Å². The van der Waals surface area contributed by atoms with Gasteiger partial charge in [-0.3, -0.25) is 4.68 Å². The maximum absolute atomic E-state index is 4.21. The smallest absolute Gasteiger partial charge is 0.0740 e. The minimum atomic E-state index is 0.316. The molecule has 1 aromatic carbocycles. The van der Waals surface area contributed by atoms with Crippen molar-refractivity contribution in [2.45, 2.75) is 13.0 Å². The highest BCUT2D eigenvalue weighted by molar-refractivity contribution is 5.18. The van der Waals surface area contributed by atoms with Crippen LogP contribution >= 0.6 is 0 Å². The second-order valence-electron chi connectivity index (χ2n) is 3.07. The van der Waals surface area contributed by atoms with Crippen LogP contribution in [0.1, 0.15) is 18.5 Å². The van der Waals surface area contributed by atoms with Crippen molar-refractivity contribution in [3.05, 3.63) is 54.4 Å². The molecule has 0 saturated heterocycles. The average molecular weight is 172 g/mol. The summed E-state index contributed by atoms with van der Waals surface area (Å²) in [5.74, 6) is 0. The van der Waals surface area contributed by atoms with Crippen LogP contribution < -0.4 is 0 Å². The molecule has 2 rings (SSSR count). The van der Waals surface area contributed by atoms with E-state index in [0.29, 0.717) is 6.04 Å². The standard InChI is InChI=1S/C11H12N2/c1-10(13-9-5-8-12-13)11-6-3-2-4-7-11/h2-10H,1H3/t10-/m0/s1. The second kappa shape index (κ2) is 3.44. The maximum Gasteiger partial charge on any atom is 0.0740 e. The SMILES string of the molecule is C[C@@H](c1ccccc1)n1cccn1. The highest BCUT2D eigenvalue weighted by Gasteiger charge is 2.05. The predicted molar refractivity (Wildman–Crippen MR) is 52.5 cm³/mol. The van der Waals surface area contributed by atoms with E-state index in [1.165, 1.54) is 5.56 Å². The zero-order valence-electron chi connectivity index (χ0n) is 7.59. The van der Waals surface area contributed by atoms with Gasteiger partial charge in [0, 0.05) is 12.4 Å². The van der Waals surface area contributed by atoms with E-state index in [2.05, 4.69) is 36.3 Å². The first-order chi connectivity index (χ1) is 6.38. The van der Waals surface area contributed by atoms with E-state index in [4.69, 9.17) is 0 Å². The summed E-state index contributed by atoms with van der Waals surface area (Å²) >= 11 is 0. The van der Waals surface area contributed by atoms with Gasteiger partial charge in [0.05, 0.1) is 6.04 Å². The van der Waals surface area contributed by atoms with Crippen molar-refractivity contribution in [2.75, 3.05) is 0 Å². The molecule has 2 nitrogen and oxygen atoms in total. The number of benzene rings is 1. The second-order valence-corrected chi connectivity index (χ2v) is 3.07. The number of hydrogen-bond acceptors (Lipinski definition) is 1. The third kappa shape index (κ3) is 1.61. The largest absolute Gasteiger partial charge is 0.266 e. The number of nitrogens with zero attached hydrogens (tertiary/aromatic N) is 2. The zero-order chi connectivity index (χ0) is 9.10. The van der Waals surface area contributed by atoms with Crippen molar-refractivity contribution < 1.29 is 0 Å². The molecule has 1 heterocycles. The van der Waals surface area contributed by atoms with E-state index in [1.807, 2.05) is 23.0 Å². The Morgan fingerprint density at radius 2 is 1.92 bits per heavy atom. The lowest BCUT2D eigenvalue weighted by Gasteiger charge is -2.11. The first kappa shape index (κ1) is 8.05. The maximum atomic E-state index is 4.21. The van der Waals surface area contributed by atoms with Crippen LogP contribution in [0.3, 0.4) is 0 Å². The molecule has 0 saturated carbocycles. The van der Waals surface area contributed by atoms with E-state index in [1.54, 1.807) is 6.20 Å². The van der Waals surface area contributed by atoms with Crippen molar-refractivity contribution in [3.8, 4) is 0 Å². The fourth-order valence-electron chi connectivity index (χ4n) is 1.39. The monoisotopic (exact) mass is 172 g/mol. The van der Waals surface area contributed by atoms with E-state index >= 15 is 0 Å². The third-order valence-corrected chi connectivity index (χ3v) is 2.20. The highest BCUT2D eigenvalue weighted by atomic mass is 15.3. The zero-order valence-corrected chi connectivity index (χ0v) is 7.59.